The topological polar surface area (TPSA) is 55.8 Å². The summed E-state index contributed by atoms with van der Waals surface area (Å²) in [6, 6.07) is 4.86. The lowest BCUT2D eigenvalue weighted by atomic mass is 9.86. The second-order valence-corrected chi connectivity index (χ2v) is 7.80. The number of likely N-dealkylation sites (tertiary alicyclic amines) is 1. The van der Waals surface area contributed by atoms with Crippen molar-refractivity contribution >= 4 is 12.8 Å². The molecule has 0 spiro atoms. The molecular weight excluding hydrogens is 361 g/mol. The van der Waals surface area contributed by atoms with E-state index in [9.17, 15) is 9.18 Å². The Hall–Kier alpha value is -1.95. The first-order valence-corrected chi connectivity index (χ1v) is 9.74. The number of carbonyl (C=O) groups is 2. The number of carbonyl (C=O) groups excluding carboxylic acids is 2. The molecule has 0 radical (unpaired) electrons. The number of piperidine rings is 1. The number of aldehydes is 1. The zero-order valence-electron chi connectivity index (χ0n) is 18.2. The number of hydrogen-bond acceptors (Lipinski definition) is 5. The predicted octanol–water partition coefficient (Wildman–Crippen LogP) is 4.37. The van der Waals surface area contributed by atoms with Crippen molar-refractivity contribution in [3.05, 3.63) is 29.6 Å². The van der Waals surface area contributed by atoms with E-state index in [1.54, 1.807) is 12.1 Å². The van der Waals surface area contributed by atoms with Crippen LogP contribution < -0.4 is 4.74 Å². The van der Waals surface area contributed by atoms with Gasteiger partial charge in [-0.15, -0.1) is 0 Å². The minimum Gasteiger partial charge on any atom is -0.490 e. The molecular formula is C22H36FNO4. The highest BCUT2D eigenvalue weighted by molar-refractivity contribution is 5.48. The molecule has 0 bridgehead atoms. The average Bonchev–Trinajstić information content (AvgIpc) is 2.65. The van der Waals surface area contributed by atoms with Crippen LogP contribution in [0.25, 0.3) is 0 Å². The zero-order valence-corrected chi connectivity index (χ0v) is 18.2. The van der Waals surface area contributed by atoms with E-state index in [1.807, 2.05) is 6.92 Å². The molecule has 1 aliphatic rings. The van der Waals surface area contributed by atoms with E-state index in [4.69, 9.17) is 9.53 Å². The summed E-state index contributed by atoms with van der Waals surface area (Å²) in [5.41, 5.74) is 0.842. The van der Waals surface area contributed by atoms with Gasteiger partial charge < -0.3 is 19.2 Å². The second kappa shape index (κ2) is 14.1. The monoisotopic (exact) mass is 397 g/mol. The lowest BCUT2D eigenvalue weighted by Gasteiger charge is -2.31. The van der Waals surface area contributed by atoms with E-state index in [-0.39, 0.29) is 17.3 Å². The van der Waals surface area contributed by atoms with Gasteiger partial charge in [0.15, 0.2) is 0 Å². The Morgan fingerprint density at radius 1 is 1.21 bits per heavy atom. The van der Waals surface area contributed by atoms with Gasteiger partial charge in [-0.25, -0.2) is 4.39 Å². The van der Waals surface area contributed by atoms with Gasteiger partial charge >= 0.3 is 0 Å². The van der Waals surface area contributed by atoms with Crippen LogP contribution in [-0.4, -0.2) is 51.0 Å². The summed E-state index contributed by atoms with van der Waals surface area (Å²) in [4.78, 5) is 20.7. The average molecular weight is 398 g/mol. The normalized spacial score (nSPS) is 14.7. The van der Waals surface area contributed by atoms with Crippen LogP contribution in [0.2, 0.25) is 0 Å². The molecule has 1 aromatic rings. The Bertz CT molecular complexity index is 564. The van der Waals surface area contributed by atoms with Gasteiger partial charge in [0, 0.05) is 25.1 Å². The Morgan fingerprint density at radius 2 is 1.79 bits per heavy atom. The maximum absolute atomic E-state index is 13.4. The van der Waals surface area contributed by atoms with Crippen LogP contribution in [-0.2, 0) is 19.7 Å². The number of ether oxygens (including phenoxy) is 2. The third-order valence-corrected chi connectivity index (χ3v) is 4.21. The first kappa shape index (κ1) is 26.1. The van der Waals surface area contributed by atoms with Gasteiger partial charge in [0.2, 0.25) is 0 Å². The highest BCUT2D eigenvalue weighted by atomic mass is 19.1. The third kappa shape index (κ3) is 11.0. The summed E-state index contributed by atoms with van der Waals surface area (Å²) in [6.45, 7) is 10.7. The van der Waals surface area contributed by atoms with Gasteiger partial charge in [0.25, 0.3) is 6.47 Å². The summed E-state index contributed by atoms with van der Waals surface area (Å²) in [5, 5.41) is 0. The van der Waals surface area contributed by atoms with E-state index in [0.717, 1.165) is 50.0 Å². The van der Waals surface area contributed by atoms with Gasteiger partial charge in [-0.1, -0.05) is 27.7 Å². The molecule has 28 heavy (non-hydrogen) atoms. The fourth-order valence-electron chi connectivity index (χ4n) is 2.59. The van der Waals surface area contributed by atoms with Crippen LogP contribution in [0.3, 0.4) is 0 Å². The molecule has 0 aromatic heterocycles. The highest BCUT2D eigenvalue weighted by Crippen LogP contribution is 2.33. The molecule has 1 aliphatic heterocycles. The van der Waals surface area contributed by atoms with Gasteiger partial charge in [-0.2, -0.15) is 0 Å². The fourth-order valence-corrected chi connectivity index (χ4v) is 2.59. The van der Waals surface area contributed by atoms with Crippen LogP contribution in [0, 0.1) is 5.82 Å². The van der Waals surface area contributed by atoms with E-state index < -0.39 is 0 Å². The number of methoxy groups -OCH3 is 1. The lowest BCUT2D eigenvalue weighted by molar-refractivity contribution is -0.126. The SMILES string of the molecule is CCCC=O.CN1CCC(Oc2ccc(F)cc2C(C)(C)C)CC1.COC=O. The van der Waals surface area contributed by atoms with Crippen LogP contribution >= 0.6 is 0 Å². The van der Waals surface area contributed by atoms with E-state index in [2.05, 4.69) is 37.5 Å². The minimum absolute atomic E-state index is 0.108. The zero-order chi connectivity index (χ0) is 21.6. The number of halogens is 1. The number of benzene rings is 1. The predicted molar refractivity (Wildman–Crippen MR) is 110 cm³/mol. The van der Waals surface area contributed by atoms with Gasteiger partial charge in [-0.05, 0) is 49.9 Å². The standard InChI is InChI=1S/C16H24FNO.C4H8O.C2H4O2/c1-16(2,3)14-11-12(17)5-6-15(14)19-13-7-9-18(4)10-8-13;1-2-3-4-5;1-4-2-3/h5-6,11,13H,7-10H2,1-4H3;4H,2-3H2,1H3;2H,1H3. The molecule has 0 saturated carbocycles. The van der Waals surface area contributed by atoms with Crippen LogP contribution in [0.4, 0.5) is 4.39 Å². The minimum atomic E-state index is -0.194. The fraction of sp³-hybridized carbons (Fsp3) is 0.636. The Morgan fingerprint density at radius 3 is 2.18 bits per heavy atom. The number of rotatable bonds is 5. The molecule has 1 fully saturated rings. The van der Waals surface area contributed by atoms with Crippen molar-refractivity contribution in [2.24, 2.45) is 0 Å². The molecule has 0 aliphatic carbocycles. The van der Waals surface area contributed by atoms with Crippen molar-refractivity contribution in [2.75, 3.05) is 27.2 Å². The van der Waals surface area contributed by atoms with Crippen molar-refractivity contribution in [3.63, 3.8) is 0 Å². The quantitative estimate of drug-likeness (QED) is 0.691. The van der Waals surface area contributed by atoms with Crippen LogP contribution in [0.5, 0.6) is 5.75 Å². The van der Waals surface area contributed by atoms with Gasteiger partial charge in [0.1, 0.15) is 24.0 Å². The van der Waals surface area contributed by atoms with E-state index in [1.165, 1.54) is 13.2 Å². The summed E-state index contributed by atoms with van der Waals surface area (Å²) in [5.74, 6) is 0.643. The van der Waals surface area contributed by atoms with Crippen LogP contribution in [0.1, 0.15) is 58.9 Å². The van der Waals surface area contributed by atoms with Crippen molar-refractivity contribution in [1.82, 2.24) is 4.90 Å². The Labute approximate surface area is 169 Å². The molecule has 2 rings (SSSR count). The molecule has 0 atom stereocenters. The number of nitrogens with zero attached hydrogens (tertiary/aromatic N) is 1. The lowest BCUT2D eigenvalue weighted by Crippen LogP contribution is -2.36. The van der Waals surface area contributed by atoms with Crippen molar-refractivity contribution in [2.45, 2.75) is 64.9 Å². The van der Waals surface area contributed by atoms with Crippen molar-refractivity contribution in [3.8, 4) is 5.75 Å². The highest BCUT2D eigenvalue weighted by Gasteiger charge is 2.23. The van der Waals surface area contributed by atoms with E-state index >= 15 is 0 Å². The molecule has 0 N–H and O–H groups in total. The second-order valence-electron chi connectivity index (χ2n) is 7.80. The molecule has 1 saturated heterocycles. The molecule has 1 heterocycles. The maximum Gasteiger partial charge on any atom is 0.292 e. The smallest absolute Gasteiger partial charge is 0.292 e. The van der Waals surface area contributed by atoms with Crippen LogP contribution in [0.15, 0.2) is 18.2 Å². The maximum atomic E-state index is 13.4. The first-order valence-electron chi connectivity index (χ1n) is 9.74. The summed E-state index contributed by atoms with van der Waals surface area (Å²) in [7, 11) is 3.45. The van der Waals surface area contributed by atoms with E-state index in [0.29, 0.717) is 12.9 Å². The third-order valence-electron chi connectivity index (χ3n) is 4.21. The molecule has 0 unspecified atom stereocenters. The number of unbranched alkanes of at least 4 members (excludes halogenated alkanes) is 1. The summed E-state index contributed by atoms with van der Waals surface area (Å²) < 4.78 is 23.4. The summed E-state index contributed by atoms with van der Waals surface area (Å²) >= 11 is 0. The molecule has 0 amide bonds. The van der Waals surface area contributed by atoms with Gasteiger partial charge in [-0.3, -0.25) is 4.79 Å². The number of hydrogen-bond donors (Lipinski definition) is 0. The van der Waals surface area contributed by atoms with Gasteiger partial charge in [0.05, 0.1) is 7.11 Å². The molecule has 160 valence electrons. The van der Waals surface area contributed by atoms with Crippen molar-refractivity contribution in [1.29, 1.82) is 0 Å². The Balaban J connectivity index is 0.000000681. The van der Waals surface area contributed by atoms with Crippen molar-refractivity contribution < 1.29 is 23.5 Å². The molecule has 5 nitrogen and oxygen atoms in total. The Kier molecular flexibility index (Phi) is 13.1. The largest absolute Gasteiger partial charge is 0.490 e. The summed E-state index contributed by atoms with van der Waals surface area (Å²) in [6.07, 6.45) is 4.95. The first-order chi connectivity index (χ1) is 13.2. The molecule has 1 aromatic carbocycles. The molecule has 6 heteroatoms.